The van der Waals surface area contributed by atoms with Gasteiger partial charge >= 0.3 is 6.03 Å². The van der Waals surface area contributed by atoms with Gasteiger partial charge in [0, 0.05) is 5.69 Å². The van der Waals surface area contributed by atoms with Crippen LogP contribution in [-0.2, 0) is 9.92 Å². The maximum Gasteiger partial charge on any atom is 0.354 e. The van der Waals surface area contributed by atoms with E-state index in [4.69, 9.17) is 5.14 Å². The van der Waals surface area contributed by atoms with Crippen molar-refractivity contribution in [1.82, 2.24) is 4.98 Å². The van der Waals surface area contributed by atoms with Gasteiger partial charge in [0.15, 0.2) is 9.92 Å². The summed E-state index contributed by atoms with van der Waals surface area (Å²) in [6, 6.07) is 3.41. The Morgan fingerprint density at radius 3 is 2.07 bits per heavy atom. The minimum absolute atomic E-state index is 0.214. The molecule has 0 spiro atoms. The molecule has 0 radical (unpaired) electrons. The fraction of sp³-hybridized carbons (Fsp3) is 0.474. The van der Waals surface area contributed by atoms with Crippen molar-refractivity contribution in [2.45, 2.75) is 64.5 Å². The third-order valence-corrected chi connectivity index (χ3v) is 7.26. The first-order valence-electron chi connectivity index (χ1n) is 8.86. The molecule has 27 heavy (non-hydrogen) atoms. The number of carbonyl (C=O) groups excluding carboxylic acids is 1. The van der Waals surface area contributed by atoms with Gasteiger partial charge in [-0.25, -0.2) is 19.1 Å². The van der Waals surface area contributed by atoms with Crippen LogP contribution in [-0.4, -0.2) is 15.2 Å². The minimum atomic E-state index is -3.34. The Bertz CT molecular complexity index is 955. The third kappa shape index (κ3) is 4.94. The van der Waals surface area contributed by atoms with E-state index in [0.29, 0.717) is 9.90 Å². The number of amides is 2. The molecule has 3 N–H and O–H groups in total. The number of hydrogen-bond donors (Lipinski definition) is 2. The summed E-state index contributed by atoms with van der Waals surface area (Å²) in [5.41, 5.74) is 4.45. The molecule has 0 saturated carbocycles. The van der Waals surface area contributed by atoms with Crippen molar-refractivity contribution >= 4 is 33.0 Å². The summed E-state index contributed by atoms with van der Waals surface area (Å²) in [6.07, 6.45) is 0. The van der Waals surface area contributed by atoms with Crippen LogP contribution in [0.1, 0.15) is 66.9 Å². The first-order valence-corrected chi connectivity index (χ1v) is 11.3. The minimum Gasteiger partial charge on any atom is -0.305 e. The number of anilines is 1. The van der Waals surface area contributed by atoms with Gasteiger partial charge in [0.2, 0.25) is 0 Å². The summed E-state index contributed by atoms with van der Waals surface area (Å²) in [6.45, 7) is 13.8. The highest BCUT2D eigenvalue weighted by Crippen LogP contribution is 2.34. The van der Waals surface area contributed by atoms with Crippen LogP contribution in [0.4, 0.5) is 10.5 Å². The van der Waals surface area contributed by atoms with Crippen LogP contribution in [0.2, 0.25) is 0 Å². The van der Waals surface area contributed by atoms with E-state index in [2.05, 4.69) is 54.5 Å². The number of nitrogens with zero attached hydrogens (tertiary/aromatic N) is 2. The van der Waals surface area contributed by atoms with Crippen molar-refractivity contribution in [1.29, 1.82) is 0 Å². The standard InChI is InChI=1S/C19H28N4O2S2/c1-10(2)15-8-12(5)9-16(11(3)4)17(15)22-19(24)23-27(20,25)18-13(6)21-14(7)26-18/h8-11H,1-7H3,(H3,20,22,23,24,25). The van der Waals surface area contributed by atoms with Gasteiger partial charge in [0.1, 0.15) is 4.21 Å². The zero-order valence-electron chi connectivity index (χ0n) is 16.9. The topological polar surface area (TPSA) is 97.4 Å². The second kappa shape index (κ2) is 8.08. The summed E-state index contributed by atoms with van der Waals surface area (Å²) >= 11 is 1.20. The molecule has 0 aliphatic rings. The van der Waals surface area contributed by atoms with Crippen LogP contribution in [0.15, 0.2) is 20.7 Å². The van der Waals surface area contributed by atoms with Crippen molar-refractivity contribution in [2.24, 2.45) is 9.50 Å². The normalized spacial score (nSPS) is 13.7. The van der Waals surface area contributed by atoms with Crippen LogP contribution in [0.25, 0.3) is 0 Å². The van der Waals surface area contributed by atoms with Crippen LogP contribution in [0.3, 0.4) is 0 Å². The zero-order valence-corrected chi connectivity index (χ0v) is 18.5. The Balaban J connectivity index is 2.49. The van der Waals surface area contributed by atoms with Crippen LogP contribution < -0.4 is 10.5 Å². The molecular weight excluding hydrogens is 380 g/mol. The summed E-state index contributed by atoms with van der Waals surface area (Å²) in [5, 5.41) is 9.47. The number of urea groups is 1. The lowest BCUT2D eigenvalue weighted by Gasteiger charge is -2.20. The lowest BCUT2D eigenvalue weighted by Crippen LogP contribution is -2.19. The fourth-order valence-corrected chi connectivity index (χ4v) is 5.42. The lowest BCUT2D eigenvalue weighted by atomic mass is 9.90. The highest BCUT2D eigenvalue weighted by atomic mass is 32.2. The van der Waals surface area contributed by atoms with E-state index >= 15 is 0 Å². The average Bonchev–Trinajstić information content (AvgIpc) is 2.87. The second-order valence-electron chi connectivity index (χ2n) is 7.32. The van der Waals surface area contributed by atoms with Crippen molar-refractivity contribution in [3.63, 3.8) is 0 Å². The monoisotopic (exact) mass is 408 g/mol. The van der Waals surface area contributed by atoms with Crippen molar-refractivity contribution in [3.05, 3.63) is 39.5 Å². The van der Waals surface area contributed by atoms with Gasteiger partial charge in [-0.15, -0.1) is 15.7 Å². The number of rotatable bonds is 4. The van der Waals surface area contributed by atoms with E-state index in [1.807, 2.05) is 6.92 Å². The Morgan fingerprint density at radius 1 is 1.15 bits per heavy atom. The molecule has 0 aliphatic carbocycles. The van der Waals surface area contributed by atoms with Crippen LogP contribution in [0, 0.1) is 20.8 Å². The predicted molar refractivity (Wildman–Crippen MR) is 113 cm³/mol. The maximum absolute atomic E-state index is 12.8. The molecule has 0 fully saturated rings. The van der Waals surface area contributed by atoms with Crippen molar-refractivity contribution in [2.75, 3.05) is 5.32 Å². The molecule has 1 aromatic heterocycles. The molecule has 0 aliphatic heterocycles. The number of aromatic nitrogens is 1. The molecule has 1 heterocycles. The average molecular weight is 409 g/mol. The second-order valence-corrected chi connectivity index (χ2v) is 10.5. The number of thiazole rings is 1. The smallest absolute Gasteiger partial charge is 0.305 e. The Hall–Kier alpha value is -1.77. The highest BCUT2D eigenvalue weighted by molar-refractivity contribution is 7.93. The molecule has 1 aromatic carbocycles. The number of hydrogen-bond acceptors (Lipinski definition) is 4. The van der Waals surface area contributed by atoms with Crippen LogP contribution in [0.5, 0.6) is 0 Å². The molecule has 2 rings (SSSR count). The van der Waals surface area contributed by atoms with E-state index in [1.165, 1.54) is 11.3 Å². The molecular formula is C19H28N4O2S2. The molecule has 1 unspecified atom stereocenters. The Labute approximate surface area is 165 Å². The number of aryl methyl sites for hydroxylation is 3. The maximum atomic E-state index is 12.8. The van der Waals surface area contributed by atoms with Gasteiger partial charge in [-0.3, -0.25) is 0 Å². The fourth-order valence-electron chi connectivity index (χ4n) is 2.98. The first-order chi connectivity index (χ1) is 12.4. The van der Waals surface area contributed by atoms with Gasteiger partial charge in [-0.2, -0.15) is 0 Å². The molecule has 2 amide bonds. The summed E-state index contributed by atoms with van der Waals surface area (Å²) < 4.78 is 17.0. The number of carbonyl (C=O) groups is 1. The van der Waals surface area contributed by atoms with Gasteiger partial charge in [0.05, 0.1) is 10.7 Å². The van der Waals surface area contributed by atoms with E-state index < -0.39 is 15.9 Å². The molecule has 6 nitrogen and oxygen atoms in total. The summed E-state index contributed by atoms with van der Waals surface area (Å²) in [5.74, 6) is 0.428. The molecule has 148 valence electrons. The molecule has 0 saturated heterocycles. The third-order valence-electron chi connectivity index (χ3n) is 4.16. The SMILES string of the molecule is Cc1cc(C(C)C)c(NC(=O)N=S(N)(=O)c2sc(C)nc2C)c(C(C)C)c1. The summed E-state index contributed by atoms with van der Waals surface area (Å²) in [4.78, 5) is 16.8. The molecule has 8 heteroatoms. The van der Waals surface area contributed by atoms with Gasteiger partial charge in [-0.05, 0) is 43.7 Å². The zero-order chi connectivity index (χ0) is 20.5. The predicted octanol–water partition coefficient (Wildman–Crippen LogP) is 5.25. The van der Waals surface area contributed by atoms with E-state index in [-0.39, 0.29) is 11.8 Å². The van der Waals surface area contributed by atoms with Crippen molar-refractivity contribution < 1.29 is 9.00 Å². The van der Waals surface area contributed by atoms with E-state index in [1.54, 1.807) is 13.8 Å². The van der Waals surface area contributed by atoms with Crippen molar-refractivity contribution in [3.8, 4) is 0 Å². The van der Waals surface area contributed by atoms with E-state index in [0.717, 1.165) is 27.4 Å². The summed E-state index contributed by atoms with van der Waals surface area (Å²) in [7, 11) is -3.34. The molecule has 0 bridgehead atoms. The van der Waals surface area contributed by atoms with Crippen LogP contribution >= 0.6 is 11.3 Å². The first kappa shape index (κ1) is 21.5. The molecule has 2 aromatic rings. The number of nitrogens with one attached hydrogen (secondary N) is 1. The largest absolute Gasteiger partial charge is 0.354 e. The lowest BCUT2D eigenvalue weighted by molar-refractivity contribution is 0.260. The quantitative estimate of drug-likeness (QED) is 0.723. The van der Waals surface area contributed by atoms with Gasteiger partial charge < -0.3 is 5.32 Å². The van der Waals surface area contributed by atoms with Gasteiger partial charge in [-0.1, -0.05) is 45.4 Å². The number of benzene rings is 1. The Kier molecular flexibility index (Phi) is 6.44. The molecule has 1 atom stereocenters. The number of nitrogens with two attached hydrogens (primary N) is 1. The van der Waals surface area contributed by atoms with Gasteiger partial charge in [0.25, 0.3) is 0 Å². The highest BCUT2D eigenvalue weighted by Gasteiger charge is 2.20. The Morgan fingerprint density at radius 2 is 1.67 bits per heavy atom. The van der Waals surface area contributed by atoms with E-state index in [9.17, 15) is 9.00 Å².